The maximum Gasteiger partial charge on any atom is 0.147 e. The zero-order chi connectivity index (χ0) is 7.72. The molecule has 0 aliphatic heterocycles. The molecule has 0 aromatic heterocycles. The monoisotopic (exact) mass is 265 g/mol. The van der Waals surface area contributed by atoms with E-state index in [9.17, 15) is 0 Å². The molecule has 0 aliphatic rings. The first-order valence-electron chi connectivity index (χ1n) is 2.40. The van der Waals surface area contributed by atoms with Gasteiger partial charge in [0.15, 0.2) is 0 Å². The topological polar surface area (TPSA) is 40.5 Å². The summed E-state index contributed by atoms with van der Waals surface area (Å²) in [5.41, 5.74) is 0. The minimum atomic E-state index is -0.0966. The van der Waals surface area contributed by atoms with Gasteiger partial charge in [-0.25, -0.2) is 0 Å². The molecule has 2 nitrogen and oxygen atoms in total. The molecule has 1 radical (unpaired) electrons. The van der Waals surface area contributed by atoms with Gasteiger partial charge in [-0.3, -0.25) is 0 Å². The van der Waals surface area contributed by atoms with Crippen molar-refractivity contribution in [3.8, 4) is 11.5 Å². The second kappa shape index (κ2) is 2.80. The molecule has 1 aromatic carbocycles. The Kier molecular flexibility index (Phi) is 2.21. The van der Waals surface area contributed by atoms with Crippen LogP contribution in [0.4, 0.5) is 0 Å². The largest absolute Gasteiger partial charge is 0.506 e. The molecular formula is C6H3Br2O2. The minimum absolute atomic E-state index is 0.0174. The van der Waals surface area contributed by atoms with Gasteiger partial charge in [0, 0.05) is 6.07 Å². The Morgan fingerprint density at radius 3 is 2.40 bits per heavy atom. The van der Waals surface area contributed by atoms with Gasteiger partial charge in [0.25, 0.3) is 0 Å². The van der Waals surface area contributed by atoms with Crippen LogP contribution in [0.1, 0.15) is 0 Å². The Morgan fingerprint density at radius 1 is 1.30 bits per heavy atom. The highest BCUT2D eigenvalue weighted by Gasteiger charge is 2.06. The average molecular weight is 267 g/mol. The molecule has 0 atom stereocenters. The van der Waals surface area contributed by atoms with Gasteiger partial charge < -0.3 is 10.2 Å². The van der Waals surface area contributed by atoms with Gasteiger partial charge in [0.1, 0.15) is 16.0 Å². The fourth-order valence-corrected chi connectivity index (χ4v) is 1.39. The lowest BCUT2D eigenvalue weighted by Gasteiger charge is -1.99. The maximum absolute atomic E-state index is 9.11. The highest BCUT2D eigenvalue weighted by Crippen LogP contribution is 2.37. The SMILES string of the molecule is Oc1[c]cc(Br)c(O)c1Br. The van der Waals surface area contributed by atoms with Crippen molar-refractivity contribution in [1.82, 2.24) is 0 Å². The van der Waals surface area contributed by atoms with Gasteiger partial charge in [-0.2, -0.15) is 0 Å². The van der Waals surface area contributed by atoms with Crippen LogP contribution >= 0.6 is 31.9 Å². The minimum Gasteiger partial charge on any atom is -0.506 e. The van der Waals surface area contributed by atoms with Gasteiger partial charge in [0.2, 0.25) is 0 Å². The van der Waals surface area contributed by atoms with E-state index in [4.69, 9.17) is 10.2 Å². The Hall–Kier alpha value is -0.220. The van der Waals surface area contributed by atoms with Crippen LogP contribution in [0.25, 0.3) is 0 Å². The van der Waals surface area contributed by atoms with Crippen LogP contribution in [-0.4, -0.2) is 10.2 Å². The summed E-state index contributed by atoms with van der Waals surface area (Å²) < 4.78 is 0.749. The van der Waals surface area contributed by atoms with Crippen LogP contribution in [0.2, 0.25) is 0 Å². The summed E-state index contributed by atoms with van der Waals surface area (Å²) in [4.78, 5) is 0. The Balaban J connectivity index is 3.34. The van der Waals surface area contributed by atoms with Crippen molar-refractivity contribution in [1.29, 1.82) is 0 Å². The van der Waals surface area contributed by atoms with Crippen molar-refractivity contribution in [3.63, 3.8) is 0 Å². The van der Waals surface area contributed by atoms with E-state index < -0.39 is 0 Å². The van der Waals surface area contributed by atoms with Gasteiger partial charge in [0.05, 0.1) is 4.47 Å². The normalized spacial score (nSPS) is 9.80. The molecule has 1 aromatic rings. The smallest absolute Gasteiger partial charge is 0.147 e. The van der Waals surface area contributed by atoms with Crippen LogP contribution < -0.4 is 0 Å². The summed E-state index contributed by atoms with van der Waals surface area (Å²) in [6.07, 6.45) is 0. The molecule has 0 saturated carbocycles. The Bertz CT molecular complexity index is 233. The third-order valence-electron chi connectivity index (χ3n) is 0.978. The van der Waals surface area contributed by atoms with E-state index in [2.05, 4.69) is 37.9 Å². The van der Waals surface area contributed by atoms with E-state index >= 15 is 0 Å². The highest BCUT2D eigenvalue weighted by molar-refractivity contribution is 9.11. The third kappa shape index (κ3) is 1.27. The lowest BCUT2D eigenvalue weighted by atomic mass is 10.3. The lowest BCUT2D eigenvalue weighted by Crippen LogP contribution is -1.72. The molecule has 0 amide bonds. The molecule has 2 N–H and O–H groups in total. The first-order valence-corrected chi connectivity index (χ1v) is 3.99. The Morgan fingerprint density at radius 2 is 1.90 bits per heavy atom. The zero-order valence-corrected chi connectivity index (χ0v) is 7.90. The van der Waals surface area contributed by atoms with Gasteiger partial charge >= 0.3 is 0 Å². The van der Waals surface area contributed by atoms with Crippen molar-refractivity contribution in [2.24, 2.45) is 0 Å². The summed E-state index contributed by atoms with van der Waals surface area (Å²) in [6, 6.07) is 3.95. The molecule has 53 valence electrons. The van der Waals surface area contributed by atoms with Crippen molar-refractivity contribution in [2.75, 3.05) is 0 Å². The summed E-state index contributed by atoms with van der Waals surface area (Å²) in [6.45, 7) is 0. The number of halogens is 2. The first-order chi connectivity index (χ1) is 4.63. The molecule has 0 spiro atoms. The third-order valence-corrected chi connectivity index (χ3v) is 2.33. The van der Waals surface area contributed by atoms with Gasteiger partial charge in [-0.05, 0) is 37.9 Å². The molecule has 10 heavy (non-hydrogen) atoms. The quantitative estimate of drug-likeness (QED) is 0.757. The molecule has 0 unspecified atom stereocenters. The summed E-state index contributed by atoms with van der Waals surface area (Å²) in [5.74, 6) is -0.114. The number of hydrogen-bond acceptors (Lipinski definition) is 2. The number of phenols is 2. The van der Waals surface area contributed by atoms with Crippen LogP contribution in [0.15, 0.2) is 15.0 Å². The van der Waals surface area contributed by atoms with Crippen LogP contribution in [-0.2, 0) is 0 Å². The lowest BCUT2D eigenvalue weighted by molar-refractivity contribution is 0.441. The molecule has 0 bridgehead atoms. The van der Waals surface area contributed by atoms with Crippen molar-refractivity contribution < 1.29 is 10.2 Å². The maximum atomic E-state index is 9.11. The van der Waals surface area contributed by atoms with Crippen LogP contribution in [0.3, 0.4) is 0 Å². The van der Waals surface area contributed by atoms with E-state index in [0.717, 1.165) is 0 Å². The summed E-state index contributed by atoms with van der Waals surface area (Å²) in [7, 11) is 0. The molecule has 0 aliphatic carbocycles. The average Bonchev–Trinajstić information content (AvgIpc) is 1.93. The number of benzene rings is 1. The molecule has 0 saturated heterocycles. The van der Waals surface area contributed by atoms with Crippen molar-refractivity contribution >= 4 is 31.9 Å². The van der Waals surface area contributed by atoms with E-state index in [1.807, 2.05) is 0 Å². The summed E-state index contributed by atoms with van der Waals surface area (Å²) >= 11 is 6.03. The number of rotatable bonds is 0. The molecule has 0 fully saturated rings. The standard InChI is InChI=1S/C6H3Br2O2/c7-3-1-2-4(9)5(8)6(3)10/h1,9-10H. The molecular weight excluding hydrogens is 264 g/mol. The number of aromatic hydroxyl groups is 2. The fourth-order valence-electron chi connectivity index (χ4n) is 0.480. The van der Waals surface area contributed by atoms with E-state index in [-0.39, 0.29) is 16.0 Å². The fraction of sp³-hybridized carbons (Fsp3) is 0. The molecule has 0 heterocycles. The number of hydrogen-bond donors (Lipinski definition) is 2. The van der Waals surface area contributed by atoms with Crippen molar-refractivity contribution in [3.05, 3.63) is 21.1 Å². The van der Waals surface area contributed by atoms with Crippen LogP contribution in [0, 0.1) is 6.07 Å². The summed E-state index contributed by atoms with van der Waals surface area (Å²) in [5, 5.41) is 18.1. The van der Waals surface area contributed by atoms with E-state index in [1.165, 1.54) is 6.07 Å². The molecule has 4 heteroatoms. The number of phenolic OH excluding ortho intramolecular Hbond substituents is 2. The highest BCUT2D eigenvalue weighted by atomic mass is 79.9. The van der Waals surface area contributed by atoms with Gasteiger partial charge in [-0.1, -0.05) is 0 Å². The van der Waals surface area contributed by atoms with E-state index in [1.54, 1.807) is 0 Å². The zero-order valence-electron chi connectivity index (χ0n) is 4.73. The second-order valence-corrected chi connectivity index (χ2v) is 3.30. The van der Waals surface area contributed by atoms with E-state index in [0.29, 0.717) is 4.47 Å². The second-order valence-electron chi connectivity index (χ2n) is 1.65. The van der Waals surface area contributed by atoms with Crippen molar-refractivity contribution in [2.45, 2.75) is 0 Å². The first kappa shape index (κ1) is 7.88. The van der Waals surface area contributed by atoms with Crippen LogP contribution in [0.5, 0.6) is 11.5 Å². The molecule has 1 rings (SSSR count). The van der Waals surface area contributed by atoms with Gasteiger partial charge in [-0.15, -0.1) is 0 Å². The predicted octanol–water partition coefficient (Wildman–Crippen LogP) is 2.42. The predicted molar refractivity (Wildman–Crippen MR) is 44.0 cm³/mol. The Labute approximate surface area is 74.8 Å².